The molecule has 9 heteroatoms. The van der Waals surface area contributed by atoms with Crippen molar-refractivity contribution in [1.82, 2.24) is 5.06 Å². The van der Waals surface area contributed by atoms with Gasteiger partial charge in [0.25, 0.3) is 11.8 Å². The summed E-state index contributed by atoms with van der Waals surface area (Å²) in [7, 11) is 0. The summed E-state index contributed by atoms with van der Waals surface area (Å²) in [5.41, 5.74) is 3.40. The molecular formula is C29H28N2O7. The summed E-state index contributed by atoms with van der Waals surface area (Å²) in [6.45, 7) is 0.529. The average molecular weight is 517 g/mol. The molecule has 0 unspecified atom stereocenters. The number of hydrogen-bond donors (Lipinski definition) is 0. The van der Waals surface area contributed by atoms with E-state index in [4.69, 9.17) is 9.57 Å². The summed E-state index contributed by atoms with van der Waals surface area (Å²) in [6.07, 6.45) is 0.938. The van der Waals surface area contributed by atoms with Crippen LogP contribution in [0.15, 0.2) is 48.5 Å². The molecule has 0 atom stereocenters. The van der Waals surface area contributed by atoms with Gasteiger partial charge >= 0.3 is 5.97 Å². The fourth-order valence-electron chi connectivity index (χ4n) is 4.15. The molecule has 0 aromatic heterocycles. The average Bonchev–Trinajstić information content (AvgIpc) is 3.21. The molecule has 0 N–H and O–H groups in total. The summed E-state index contributed by atoms with van der Waals surface area (Å²) >= 11 is 0. The third-order valence-corrected chi connectivity index (χ3v) is 6.19. The van der Waals surface area contributed by atoms with Crippen LogP contribution in [0.4, 0.5) is 5.69 Å². The van der Waals surface area contributed by atoms with Gasteiger partial charge in [0.05, 0.1) is 31.9 Å². The lowest BCUT2D eigenvalue weighted by molar-refractivity contribution is -0.198. The second-order valence-electron chi connectivity index (χ2n) is 8.95. The summed E-state index contributed by atoms with van der Waals surface area (Å²) in [5, 5.41) is 0.491. The molecule has 1 fully saturated rings. The van der Waals surface area contributed by atoms with Gasteiger partial charge in [-0.25, -0.2) is 4.79 Å². The van der Waals surface area contributed by atoms with Crippen molar-refractivity contribution in [2.45, 2.75) is 51.5 Å². The number of hydroxylamine groups is 2. The fourth-order valence-corrected chi connectivity index (χ4v) is 4.15. The van der Waals surface area contributed by atoms with Crippen LogP contribution in [-0.4, -0.2) is 47.8 Å². The number of nitrogens with zero attached hydrogens (tertiary/aromatic N) is 2. The molecule has 9 nitrogen and oxygen atoms in total. The predicted molar refractivity (Wildman–Crippen MR) is 136 cm³/mol. The second-order valence-corrected chi connectivity index (χ2v) is 8.95. The smallest absolute Gasteiger partial charge is 0.335 e. The van der Waals surface area contributed by atoms with Crippen LogP contribution in [0.25, 0.3) is 0 Å². The van der Waals surface area contributed by atoms with Crippen LogP contribution in [-0.2, 0) is 40.1 Å². The van der Waals surface area contributed by atoms with E-state index in [9.17, 15) is 24.0 Å². The van der Waals surface area contributed by atoms with E-state index in [2.05, 4.69) is 11.8 Å². The molecular weight excluding hydrogens is 488 g/mol. The van der Waals surface area contributed by atoms with E-state index in [-0.39, 0.29) is 63.4 Å². The van der Waals surface area contributed by atoms with Gasteiger partial charge in [-0.3, -0.25) is 19.2 Å². The SMILES string of the molecule is O=C(CCCC(=O)N1Cc2ccccc2C#Cc2ccccc21)CCOCCC(=O)ON1C(=O)CCC1=O. The highest BCUT2D eigenvalue weighted by Gasteiger charge is 2.32. The number of benzene rings is 2. The normalized spacial score (nSPS) is 14.1. The minimum absolute atomic E-state index is 0.000440. The van der Waals surface area contributed by atoms with E-state index in [1.165, 1.54) is 0 Å². The first-order valence-corrected chi connectivity index (χ1v) is 12.6. The maximum Gasteiger partial charge on any atom is 0.335 e. The Morgan fingerprint density at radius 1 is 0.789 bits per heavy atom. The lowest BCUT2D eigenvalue weighted by Gasteiger charge is -2.26. The summed E-state index contributed by atoms with van der Waals surface area (Å²) in [6, 6.07) is 15.3. The van der Waals surface area contributed by atoms with Gasteiger partial charge in [0, 0.05) is 43.2 Å². The van der Waals surface area contributed by atoms with Crippen LogP contribution >= 0.6 is 0 Å². The highest BCUT2D eigenvalue weighted by molar-refractivity contribution is 6.01. The third-order valence-electron chi connectivity index (χ3n) is 6.19. The summed E-state index contributed by atoms with van der Waals surface area (Å²) in [4.78, 5) is 66.6. The van der Waals surface area contributed by atoms with E-state index in [0.717, 1.165) is 22.4 Å². The standard InChI is InChI=1S/C29H28N2O7/c32-24(16-18-37-19-17-29(36)38-31-27(34)14-15-28(31)35)9-5-11-26(33)30-20-23-8-2-1-6-21(23)12-13-22-7-3-4-10-25(22)30/h1-4,6-8,10H,5,9,11,14-20H2. The molecule has 3 amide bonds. The molecule has 0 bridgehead atoms. The van der Waals surface area contributed by atoms with Crippen molar-refractivity contribution in [1.29, 1.82) is 0 Å². The molecule has 2 heterocycles. The number of imide groups is 1. The number of fused-ring (bicyclic) bond motifs is 2. The van der Waals surface area contributed by atoms with Gasteiger partial charge in [-0.1, -0.05) is 42.2 Å². The van der Waals surface area contributed by atoms with E-state index >= 15 is 0 Å². The van der Waals surface area contributed by atoms with Crippen LogP contribution in [0.1, 0.15) is 61.6 Å². The quantitative estimate of drug-likeness (QED) is 0.256. The van der Waals surface area contributed by atoms with Crippen molar-refractivity contribution < 1.29 is 33.5 Å². The number of amides is 3. The van der Waals surface area contributed by atoms with Crippen molar-refractivity contribution in [2.24, 2.45) is 0 Å². The highest BCUT2D eigenvalue weighted by atomic mass is 16.7. The molecule has 2 aromatic carbocycles. The number of carbonyl (C=O) groups excluding carboxylic acids is 5. The molecule has 2 aliphatic rings. The van der Waals surface area contributed by atoms with Gasteiger partial charge in [0.15, 0.2) is 0 Å². The Balaban J connectivity index is 1.18. The first-order chi connectivity index (χ1) is 18.4. The third kappa shape index (κ3) is 6.93. The molecule has 1 saturated heterocycles. The van der Waals surface area contributed by atoms with E-state index < -0.39 is 17.8 Å². The minimum Gasteiger partial charge on any atom is -0.380 e. The minimum atomic E-state index is -0.752. The van der Waals surface area contributed by atoms with Crippen LogP contribution < -0.4 is 4.90 Å². The molecule has 2 aliphatic heterocycles. The molecule has 4 rings (SSSR count). The Hall–Kier alpha value is -4.29. The Morgan fingerprint density at radius 2 is 1.45 bits per heavy atom. The summed E-state index contributed by atoms with van der Waals surface area (Å²) < 4.78 is 5.32. The maximum atomic E-state index is 13.2. The monoisotopic (exact) mass is 516 g/mol. The predicted octanol–water partition coefficient (Wildman–Crippen LogP) is 3.08. The fraction of sp³-hybridized carbons (Fsp3) is 0.345. The molecule has 0 saturated carbocycles. The summed E-state index contributed by atoms with van der Waals surface area (Å²) in [5.74, 6) is 4.41. The van der Waals surface area contributed by atoms with Gasteiger partial charge in [-0.05, 0) is 30.2 Å². The molecule has 196 valence electrons. The van der Waals surface area contributed by atoms with E-state index in [1.807, 2.05) is 48.5 Å². The van der Waals surface area contributed by atoms with Gasteiger partial charge in [-0.2, -0.15) is 0 Å². The van der Waals surface area contributed by atoms with E-state index in [0.29, 0.717) is 18.0 Å². The van der Waals surface area contributed by atoms with Crippen LogP contribution in [0.2, 0.25) is 0 Å². The second kappa shape index (κ2) is 12.8. The first kappa shape index (κ1) is 26.8. The Morgan fingerprint density at radius 3 is 2.24 bits per heavy atom. The Kier molecular flexibility index (Phi) is 9.01. The van der Waals surface area contributed by atoms with Gasteiger partial charge in [-0.15, -0.1) is 5.06 Å². The molecule has 0 aliphatic carbocycles. The number of para-hydroxylation sites is 1. The van der Waals surface area contributed by atoms with Crippen molar-refractivity contribution in [3.8, 4) is 11.8 Å². The zero-order valence-corrected chi connectivity index (χ0v) is 20.9. The van der Waals surface area contributed by atoms with Crippen molar-refractivity contribution >= 4 is 35.2 Å². The highest BCUT2D eigenvalue weighted by Crippen LogP contribution is 2.26. The number of ketones is 1. The van der Waals surface area contributed by atoms with Crippen molar-refractivity contribution in [3.63, 3.8) is 0 Å². The van der Waals surface area contributed by atoms with Crippen LogP contribution in [0.5, 0.6) is 0 Å². The van der Waals surface area contributed by atoms with Crippen molar-refractivity contribution in [2.75, 3.05) is 18.1 Å². The molecule has 0 spiro atoms. The molecule has 2 aromatic rings. The Bertz CT molecular complexity index is 1290. The van der Waals surface area contributed by atoms with Crippen LogP contribution in [0.3, 0.4) is 0 Å². The lowest BCUT2D eigenvalue weighted by atomic mass is 10.0. The van der Waals surface area contributed by atoms with Gasteiger partial charge in [0.2, 0.25) is 5.91 Å². The topological polar surface area (TPSA) is 110 Å². The van der Waals surface area contributed by atoms with Crippen LogP contribution in [0, 0.1) is 11.8 Å². The van der Waals surface area contributed by atoms with Gasteiger partial charge < -0.3 is 14.5 Å². The number of Topliss-reactive ketones (excluding diaryl/α,β-unsaturated/α-hetero) is 1. The molecule has 0 radical (unpaired) electrons. The first-order valence-electron chi connectivity index (χ1n) is 12.6. The largest absolute Gasteiger partial charge is 0.380 e. The number of hydrogen-bond acceptors (Lipinski definition) is 7. The zero-order valence-electron chi connectivity index (χ0n) is 20.9. The van der Waals surface area contributed by atoms with Crippen molar-refractivity contribution in [3.05, 3.63) is 65.2 Å². The number of ether oxygens (including phenoxy) is 1. The number of anilines is 1. The van der Waals surface area contributed by atoms with Gasteiger partial charge in [0.1, 0.15) is 5.78 Å². The maximum absolute atomic E-state index is 13.2. The zero-order chi connectivity index (χ0) is 26.9. The number of rotatable bonds is 11. The number of carbonyl (C=O) groups is 5. The lowest BCUT2D eigenvalue weighted by Crippen LogP contribution is -2.32. The van der Waals surface area contributed by atoms with E-state index in [1.54, 1.807) is 4.90 Å². The molecule has 38 heavy (non-hydrogen) atoms. The Labute approximate surface area is 220 Å².